The number of hydrogen-bond donors (Lipinski definition) is 0. The van der Waals surface area contributed by atoms with E-state index in [0.29, 0.717) is 23.4 Å². The average molecular weight is 397 g/mol. The number of aromatic nitrogens is 3. The maximum absolute atomic E-state index is 12.8. The average Bonchev–Trinajstić information content (AvgIpc) is 3.67. The van der Waals surface area contributed by atoms with Crippen LogP contribution in [0.5, 0.6) is 5.75 Å². The highest BCUT2D eigenvalue weighted by Gasteiger charge is 2.41. The number of hydrogen-bond acceptors (Lipinski definition) is 4. The Morgan fingerprint density at radius 2 is 1.90 bits per heavy atom. The second-order valence-corrected chi connectivity index (χ2v) is 8.07. The van der Waals surface area contributed by atoms with Gasteiger partial charge in [-0.1, -0.05) is 24.0 Å². The van der Waals surface area contributed by atoms with E-state index in [1.807, 2.05) is 17.6 Å². The highest BCUT2D eigenvalue weighted by molar-refractivity contribution is 5.40. The number of pyridine rings is 1. The van der Waals surface area contributed by atoms with Gasteiger partial charge < -0.3 is 9.30 Å². The summed E-state index contributed by atoms with van der Waals surface area (Å²) in [4.78, 5) is 21.1. The lowest BCUT2D eigenvalue weighted by Gasteiger charge is -2.12. The minimum Gasteiger partial charge on any atom is -0.485 e. The van der Waals surface area contributed by atoms with Crippen LogP contribution in [0.2, 0.25) is 0 Å². The molecule has 2 aromatic heterocycles. The van der Waals surface area contributed by atoms with Gasteiger partial charge in [0.05, 0.1) is 0 Å². The third-order valence-corrected chi connectivity index (χ3v) is 5.65. The Balaban J connectivity index is 1.27. The molecule has 2 saturated carbocycles. The third kappa shape index (κ3) is 4.13. The van der Waals surface area contributed by atoms with Crippen LogP contribution in [0.3, 0.4) is 0 Å². The molecule has 0 N–H and O–H groups in total. The summed E-state index contributed by atoms with van der Waals surface area (Å²) in [6.45, 7) is 2.20. The normalized spacial score (nSPS) is 19.6. The first-order valence-electron chi connectivity index (χ1n) is 10.4. The van der Waals surface area contributed by atoms with Crippen molar-refractivity contribution in [1.82, 2.24) is 14.5 Å². The van der Waals surface area contributed by atoms with Crippen LogP contribution in [-0.4, -0.2) is 14.5 Å². The van der Waals surface area contributed by atoms with Crippen LogP contribution in [0.1, 0.15) is 53.9 Å². The number of ether oxygens (including phenoxy) is 1. The van der Waals surface area contributed by atoms with E-state index in [9.17, 15) is 4.79 Å². The SMILES string of the molecule is Cc1cc(OCc2ncccn2)cc(=O)n1C1CC1c1ccc(C#CC2CC2)cc1. The van der Waals surface area contributed by atoms with E-state index in [0.717, 1.165) is 17.7 Å². The minimum absolute atomic E-state index is 0.0293. The highest BCUT2D eigenvalue weighted by Crippen LogP contribution is 2.51. The molecule has 2 unspecified atom stereocenters. The van der Waals surface area contributed by atoms with Crippen molar-refractivity contribution in [3.63, 3.8) is 0 Å². The monoisotopic (exact) mass is 397 g/mol. The summed E-state index contributed by atoms with van der Waals surface area (Å²) in [7, 11) is 0. The van der Waals surface area contributed by atoms with E-state index in [1.165, 1.54) is 18.4 Å². The molecule has 5 heteroatoms. The van der Waals surface area contributed by atoms with Crippen LogP contribution in [0.15, 0.2) is 59.7 Å². The summed E-state index contributed by atoms with van der Waals surface area (Å²) in [6.07, 6.45) is 6.81. The standard InChI is InChI=1S/C25H23N3O2/c1-17-13-21(30-16-24-26-11-2-12-27-24)14-25(29)28(17)23-15-22(23)20-9-7-19(8-10-20)6-5-18-3-4-18/h2,7-14,18,22-23H,3-4,15-16H2,1H3. The smallest absolute Gasteiger partial charge is 0.254 e. The highest BCUT2D eigenvalue weighted by atomic mass is 16.5. The largest absolute Gasteiger partial charge is 0.485 e. The lowest BCUT2D eigenvalue weighted by molar-refractivity contribution is 0.294. The second kappa shape index (κ2) is 7.79. The van der Waals surface area contributed by atoms with E-state index in [-0.39, 0.29) is 18.2 Å². The van der Waals surface area contributed by atoms with Crippen molar-refractivity contribution in [3.05, 3.63) is 87.9 Å². The molecule has 0 aliphatic heterocycles. The van der Waals surface area contributed by atoms with Crippen LogP contribution in [0, 0.1) is 24.7 Å². The van der Waals surface area contributed by atoms with Gasteiger partial charge >= 0.3 is 0 Å². The van der Waals surface area contributed by atoms with Gasteiger partial charge in [0.1, 0.15) is 12.4 Å². The van der Waals surface area contributed by atoms with Crippen LogP contribution < -0.4 is 10.3 Å². The molecule has 0 amide bonds. The zero-order chi connectivity index (χ0) is 20.5. The van der Waals surface area contributed by atoms with Gasteiger partial charge in [0.25, 0.3) is 5.56 Å². The zero-order valence-corrected chi connectivity index (χ0v) is 16.9. The molecule has 0 saturated heterocycles. The fourth-order valence-electron chi connectivity index (χ4n) is 3.79. The van der Waals surface area contributed by atoms with E-state index in [1.54, 1.807) is 24.5 Å². The van der Waals surface area contributed by atoms with Gasteiger partial charge in [0.2, 0.25) is 0 Å². The molecule has 5 nitrogen and oxygen atoms in total. The van der Waals surface area contributed by atoms with E-state index >= 15 is 0 Å². The van der Waals surface area contributed by atoms with Crippen molar-refractivity contribution in [1.29, 1.82) is 0 Å². The van der Waals surface area contributed by atoms with Gasteiger partial charge in [-0.3, -0.25) is 4.79 Å². The second-order valence-electron chi connectivity index (χ2n) is 8.07. The minimum atomic E-state index is -0.0293. The number of aryl methyl sites for hydroxylation is 1. The Labute approximate surface area is 175 Å². The van der Waals surface area contributed by atoms with Crippen molar-refractivity contribution < 1.29 is 4.74 Å². The van der Waals surface area contributed by atoms with Crippen molar-refractivity contribution in [2.45, 2.75) is 44.8 Å². The lowest BCUT2D eigenvalue weighted by Crippen LogP contribution is -2.21. The molecule has 5 rings (SSSR count). The Hall–Kier alpha value is -3.39. The summed E-state index contributed by atoms with van der Waals surface area (Å²) in [5.74, 6) is 8.68. The molecule has 1 aromatic carbocycles. The summed E-state index contributed by atoms with van der Waals surface area (Å²) in [5, 5.41) is 0. The van der Waals surface area contributed by atoms with Gasteiger partial charge in [0.15, 0.2) is 5.82 Å². The molecule has 2 aliphatic carbocycles. The molecule has 2 fully saturated rings. The van der Waals surface area contributed by atoms with Gasteiger partial charge in [0, 0.05) is 47.6 Å². The number of rotatable bonds is 5. The van der Waals surface area contributed by atoms with Gasteiger partial charge in [-0.25, -0.2) is 9.97 Å². The predicted molar refractivity (Wildman–Crippen MR) is 114 cm³/mol. The molecule has 2 aliphatic rings. The Bertz CT molecular complexity index is 1170. The quantitative estimate of drug-likeness (QED) is 0.611. The molecule has 0 radical (unpaired) electrons. The molecular weight excluding hydrogens is 374 g/mol. The summed E-state index contributed by atoms with van der Waals surface area (Å²) in [6, 6.07) is 13.9. The van der Waals surface area contributed by atoms with E-state index < -0.39 is 0 Å². The molecule has 3 aromatic rings. The molecule has 30 heavy (non-hydrogen) atoms. The Kier molecular flexibility index (Phi) is 4.84. The van der Waals surface area contributed by atoms with Crippen LogP contribution in [0.4, 0.5) is 0 Å². The summed E-state index contributed by atoms with van der Waals surface area (Å²) >= 11 is 0. The van der Waals surface area contributed by atoms with Gasteiger partial charge in [-0.05, 0) is 56.0 Å². The molecule has 2 heterocycles. The summed E-state index contributed by atoms with van der Waals surface area (Å²) in [5.41, 5.74) is 3.22. The van der Waals surface area contributed by atoms with Gasteiger partial charge in [-0.2, -0.15) is 0 Å². The Morgan fingerprint density at radius 3 is 2.60 bits per heavy atom. The maximum atomic E-state index is 12.8. The van der Waals surface area contributed by atoms with Gasteiger partial charge in [-0.15, -0.1) is 0 Å². The number of nitrogens with zero attached hydrogens (tertiary/aromatic N) is 3. The third-order valence-electron chi connectivity index (χ3n) is 5.65. The zero-order valence-electron chi connectivity index (χ0n) is 16.9. The predicted octanol–water partition coefficient (Wildman–Crippen LogP) is 4.02. The van der Waals surface area contributed by atoms with Crippen LogP contribution in [-0.2, 0) is 6.61 Å². The number of benzene rings is 1. The van der Waals surface area contributed by atoms with E-state index in [2.05, 4.69) is 46.1 Å². The Morgan fingerprint density at radius 1 is 1.13 bits per heavy atom. The molecular formula is C25H23N3O2. The first-order chi connectivity index (χ1) is 14.7. The van der Waals surface area contributed by atoms with Crippen LogP contribution in [0.25, 0.3) is 0 Å². The molecule has 2 atom stereocenters. The summed E-state index contributed by atoms with van der Waals surface area (Å²) < 4.78 is 7.61. The topological polar surface area (TPSA) is 57.0 Å². The first-order valence-corrected chi connectivity index (χ1v) is 10.4. The fraction of sp³-hybridized carbons (Fsp3) is 0.320. The maximum Gasteiger partial charge on any atom is 0.254 e. The lowest BCUT2D eigenvalue weighted by atomic mass is 10.1. The molecule has 0 bridgehead atoms. The van der Waals surface area contributed by atoms with E-state index in [4.69, 9.17) is 4.74 Å². The van der Waals surface area contributed by atoms with Crippen molar-refractivity contribution in [2.24, 2.45) is 5.92 Å². The fourth-order valence-corrected chi connectivity index (χ4v) is 3.79. The first kappa shape index (κ1) is 18.6. The van der Waals surface area contributed by atoms with Crippen molar-refractivity contribution >= 4 is 0 Å². The molecule has 0 spiro atoms. The van der Waals surface area contributed by atoms with Crippen molar-refractivity contribution in [3.8, 4) is 17.6 Å². The van der Waals surface area contributed by atoms with Crippen molar-refractivity contribution in [2.75, 3.05) is 0 Å². The van der Waals surface area contributed by atoms with Crippen LogP contribution >= 0.6 is 0 Å². The molecule has 150 valence electrons.